The standard InChI is InChI=1S/C17H22F3NO4/c1-24-15-8-11(2-7-14(15)25-10-17(18,19)20)9-21-13-5-3-12(4-6-13)16(22)23/h2,7-8,12-13,21H,3-6,9-10H2,1H3,(H,22,23). The number of hydrogen-bond acceptors (Lipinski definition) is 4. The number of hydrogen-bond donors (Lipinski definition) is 2. The van der Waals surface area contributed by atoms with Crippen molar-refractivity contribution >= 4 is 5.97 Å². The fourth-order valence-corrected chi connectivity index (χ4v) is 2.91. The Hall–Kier alpha value is -1.96. The van der Waals surface area contributed by atoms with Crippen LogP contribution in [0.5, 0.6) is 11.5 Å². The fraction of sp³-hybridized carbons (Fsp3) is 0.588. The van der Waals surface area contributed by atoms with Crippen LogP contribution >= 0.6 is 0 Å². The number of carboxylic acid groups (broad SMARTS) is 1. The third-order valence-electron chi connectivity index (χ3n) is 4.29. The van der Waals surface area contributed by atoms with Gasteiger partial charge in [0.25, 0.3) is 0 Å². The molecule has 0 unspecified atom stereocenters. The summed E-state index contributed by atoms with van der Waals surface area (Å²) in [5.74, 6) is -0.704. The van der Waals surface area contributed by atoms with Gasteiger partial charge in [0.1, 0.15) is 0 Å². The first-order chi connectivity index (χ1) is 11.8. The Morgan fingerprint density at radius 3 is 2.48 bits per heavy atom. The number of ether oxygens (including phenoxy) is 2. The van der Waals surface area contributed by atoms with Crippen molar-refractivity contribution in [1.82, 2.24) is 5.32 Å². The second kappa shape index (κ2) is 8.42. The number of carboxylic acids is 1. The number of rotatable bonds is 7. The van der Waals surface area contributed by atoms with Crippen LogP contribution in [0.25, 0.3) is 0 Å². The zero-order valence-corrected chi connectivity index (χ0v) is 13.9. The van der Waals surface area contributed by atoms with Gasteiger partial charge in [-0.1, -0.05) is 6.07 Å². The molecule has 0 amide bonds. The van der Waals surface area contributed by atoms with Crippen LogP contribution in [-0.2, 0) is 11.3 Å². The van der Waals surface area contributed by atoms with E-state index in [1.807, 2.05) is 0 Å². The minimum absolute atomic E-state index is 0.0468. The van der Waals surface area contributed by atoms with Gasteiger partial charge in [0, 0.05) is 12.6 Å². The third kappa shape index (κ3) is 6.12. The van der Waals surface area contributed by atoms with Gasteiger partial charge in [-0.2, -0.15) is 13.2 Å². The smallest absolute Gasteiger partial charge is 0.422 e. The maximum Gasteiger partial charge on any atom is 0.422 e. The largest absolute Gasteiger partial charge is 0.493 e. The highest BCUT2D eigenvalue weighted by Gasteiger charge is 2.29. The Labute approximate surface area is 144 Å². The van der Waals surface area contributed by atoms with Crippen LogP contribution < -0.4 is 14.8 Å². The van der Waals surface area contributed by atoms with E-state index in [2.05, 4.69) is 5.32 Å². The summed E-state index contributed by atoms with van der Waals surface area (Å²) in [6.07, 6.45) is -1.51. The number of carbonyl (C=O) groups is 1. The van der Waals surface area contributed by atoms with Crippen molar-refractivity contribution in [2.45, 2.75) is 44.4 Å². The quantitative estimate of drug-likeness (QED) is 0.779. The number of alkyl halides is 3. The maximum atomic E-state index is 12.2. The summed E-state index contributed by atoms with van der Waals surface area (Å²) in [5.41, 5.74) is 0.858. The lowest BCUT2D eigenvalue weighted by Gasteiger charge is -2.27. The van der Waals surface area contributed by atoms with E-state index in [4.69, 9.17) is 14.6 Å². The number of benzene rings is 1. The number of methoxy groups -OCH3 is 1. The van der Waals surface area contributed by atoms with Gasteiger partial charge in [-0.15, -0.1) is 0 Å². The molecule has 140 valence electrons. The average molecular weight is 361 g/mol. The zero-order chi connectivity index (χ0) is 18.4. The van der Waals surface area contributed by atoms with E-state index in [0.29, 0.717) is 19.4 Å². The minimum Gasteiger partial charge on any atom is -0.493 e. The molecule has 0 heterocycles. The Kier molecular flexibility index (Phi) is 6.52. The zero-order valence-electron chi connectivity index (χ0n) is 13.9. The topological polar surface area (TPSA) is 67.8 Å². The van der Waals surface area contributed by atoms with Gasteiger partial charge in [-0.05, 0) is 43.4 Å². The predicted molar refractivity (Wildman–Crippen MR) is 84.8 cm³/mol. The number of halogens is 3. The summed E-state index contributed by atoms with van der Waals surface area (Å²) in [6, 6.07) is 5.02. The summed E-state index contributed by atoms with van der Waals surface area (Å²) in [7, 11) is 1.38. The normalized spacial score (nSPS) is 21.0. The van der Waals surface area contributed by atoms with Gasteiger partial charge in [0.05, 0.1) is 13.0 Å². The SMILES string of the molecule is COc1cc(CNC2CCC(C(=O)O)CC2)ccc1OCC(F)(F)F. The molecular weight excluding hydrogens is 339 g/mol. The molecule has 1 saturated carbocycles. The molecule has 2 N–H and O–H groups in total. The van der Waals surface area contributed by atoms with E-state index >= 15 is 0 Å². The first-order valence-corrected chi connectivity index (χ1v) is 8.11. The monoisotopic (exact) mass is 361 g/mol. The van der Waals surface area contributed by atoms with E-state index in [0.717, 1.165) is 18.4 Å². The molecule has 1 aliphatic carbocycles. The van der Waals surface area contributed by atoms with Crippen LogP contribution in [0.4, 0.5) is 13.2 Å². The molecule has 8 heteroatoms. The predicted octanol–water partition coefficient (Wildman–Crippen LogP) is 3.37. The van der Waals surface area contributed by atoms with Crippen molar-refractivity contribution in [3.63, 3.8) is 0 Å². The Morgan fingerprint density at radius 1 is 1.24 bits per heavy atom. The fourth-order valence-electron chi connectivity index (χ4n) is 2.91. The van der Waals surface area contributed by atoms with E-state index in [1.165, 1.54) is 13.2 Å². The van der Waals surface area contributed by atoms with E-state index in [1.54, 1.807) is 12.1 Å². The van der Waals surface area contributed by atoms with Crippen LogP contribution in [0.2, 0.25) is 0 Å². The minimum atomic E-state index is -4.40. The molecule has 2 rings (SSSR count). The van der Waals surface area contributed by atoms with Crippen molar-refractivity contribution in [2.24, 2.45) is 5.92 Å². The summed E-state index contributed by atoms with van der Waals surface area (Å²) < 4.78 is 46.6. The van der Waals surface area contributed by atoms with Crippen LogP contribution in [0.3, 0.4) is 0 Å². The molecule has 0 spiro atoms. The second-order valence-corrected chi connectivity index (χ2v) is 6.16. The van der Waals surface area contributed by atoms with E-state index in [9.17, 15) is 18.0 Å². The molecule has 0 saturated heterocycles. The van der Waals surface area contributed by atoms with Crippen molar-refractivity contribution in [3.05, 3.63) is 23.8 Å². The van der Waals surface area contributed by atoms with Gasteiger partial charge in [-0.25, -0.2) is 0 Å². The van der Waals surface area contributed by atoms with Crippen molar-refractivity contribution in [3.8, 4) is 11.5 Å². The van der Waals surface area contributed by atoms with Gasteiger partial charge in [-0.3, -0.25) is 4.79 Å². The lowest BCUT2D eigenvalue weighted by molar-refractivity contribution is -0.153. The summed E-state index contributed by atoms with van der Waals surface area (Å²) in [5, 5.41) is 12.3. The highest BCUT2D eigenvalue weighted by Crippen LogP contribution is 2.30. The van der Waals surface area contributed by atoms with Crippen molar-refractivity contribution in [2.75, 3.05) is 13.7 Å². The molecule has 0 aliphatic heterocycles. The molecule has 25 heavy (non-hydrogen) atoms. The van der Waals surface area contributed by atoms with E-state index in [-0.39, 0.29) is 23.5 Å². The number of aliphatic carboxylic acids is 1. The van der Waals surface area contributed by atoms with Crippen LogP contribution in [-0.4, -0.2) is 37.0 Å². The highest BCUT2D eigenvalue weighted by atomic mass is 19.4. The molecule has 0 aromatic heterocycles. The first kappa shape index (κ1) is 19.4. The van der Waals surface area contributed by atoms with Crippen LogP contribution in [0.15, 0.2) is 18.2 Å². The Balaban J connectivity index is 1.87. The van der Waals surface area contributed by atoms with Crippen LogP contribution in [0.1, 0.15) is 31.2 Å². The molecule has 0 bridgehead atoms. The molecule has 5 nitrogen and oxygen atoms in total. The molecular formula is C17H22F3NO4. The lowest BCUT2D eigenvalue weighted by atomic mass is 9.86. The molecule has 1 aromatic rings. The Bertz CT molecular complexity index is 584. The molecule has 0 atom stereocenters. The van der Waals surface area contributed by atoms with E-state index < -0.39 is 18.8 Å². The second-order valence-electron chi connectivity index (χ2n) is 6.16. The molecule has 1 aliphatic rings. The van der Waals surface area contributed by atoms with Crippen molar-refractivity contribution in [1.29, 1.82) is 0 Å². The Morgan fingerprint density at radius 2 is 1.92 bits per heavy atom. The third-order valence-corrected chi connectivity index (χ3v) is 4.29. The molecule has 0 radical (unpaired) electrons. The molecule has 1 aromatic carbocycles. The molecule has 1 fully saturated rings. The van der Waals surface area contributed by atoms with Gasteiger partial charge < -0.3 is 19.9 Å². The van der Waals surface area contributed by atoms with Crippen LogP contribution in [0, 0.1) is 5.92 Å². The number of nitrogens with one attached hydrogen (secondary N) is 1. The highest BCUT2D eigenvalue weighted by molar-refractivity contribution is 5.70. The average Bonchev–Trinajstić information content (AvgIpc) is 2.58. The summed E-state index contributed by atoms with van der Waals surface area (Å²) in [6.45, 7) is -0.841. The van der Waals surface area contributed by atoms with Gasteiger partial charge in [0.15, 0.2) is 18.1 Å². The van der Waals surface area contributed by atoms with Gasteiger partial charge >= 0.3 is 12.1 Å². The summed E-state index contributed by atoms with van der Waals surface area (Å²) in [4.78, 5) is 10.9. The summed E-state index contributed by atoms with van der Waals surface area (Å²) >= 11 is 0. The maximum absolute atomic E-state index is 12.2. The van der Waals surface area contributed by atoms with Gasteiger partial charge in [0.2, 0.25) is 0 Å². The van der Waals surface area contributed by atoms with Crippen molar-refractivity contribution < 1.29 is 32.5 Å². The lowest BCUT2D eigenvalue weighted by Crippen LogP contribution is -2.34. The first-order valence-electron chi connectivity index (χ1n) is 8.11.